The van der Waals surface area contributed by atoms with E-state index in [1.54, 1.807) is 30.3 Å². The van der Waals surface area contributed by atoms with Gasteiger partial charge in [-0.25, -0.2) is 10.2 Å². The lowest BCUT2D eigenvalue weighted by Gasteiger charge is -2.10. The summed E-state index contributed by atoms with van der Waals surface area (Å²) in [5, 5.41) is 13.2. The number of nitrogens with one attached hydrogen (secondary N) is 1. The highest BCUT2D eigenvalue weighted by atomic mass is 16.6. The van der Waals surface area contributed by atoms with Crippen molar-refractivity contribution in [2.24, 2.45) is 5.10 Å². The minimum Gasteiger partial charge on any atom is -0.508 e. The molecule has 1 amide bonds. The van der Waals surface area contributed by atoms with Gasteiger partial charge in [-0.1, -0.05) is 17.7 Å². The van der Waals surface area contributed by atoms with E-state index in [9.17, 15) is 14.7 Å². The van der Waals surface area contributed by atoms with Gasteiger partial charge in [0, 0.05) is 5.56 Å². The van der Waals surface area contributed by atoms with Gasteiger partial charge >= 0.3 is 5.97 Å². The number of hydrogen-bond acceptors (Lipinski definition) is 6. The highest BCUT2D eigenvalue weighted by Crippen LogP contribution is 2.28. The fraction of sp³-hybridized carbons (Fsp3) is 0.0870. The number of hydrogen-bond donors (Lipinski definition) is 2. The van der Waals surface area contributed by atoms with Gasteiger partial charge in [-0.2, -0.15) is 5.10 Å². The number of carbonyl (C=O) groups is 2. The molecule has 30 heavy (non-hydrogen) atoms. The van der Waals surface area contributed by atoms with Crippen LogP contribution in [0, 0.1) is 6.92 Å². The predicted molar refractivity (Wildman–Crippen MR) is 112 cm³/mol. The molecule has 3 aromatic carbocycles. The van der Waals surface area contributed by atoms with Crippen molar-refractivity contribution in [3.05, 3.63) is 89.0 Å². The van der Waals surface area contributed by atoms with Gasteiger partial charge in [-0.3, -0.25) is 4.79 Å². The number of ether oxygens (including phenoxy) is 2. The molecular weight excluding hydrogens is 384 g/mol. The summed E-state index contributed by atoms with van der Waals surface area (Å²) in [6.45, 7) is 1.94. The smallest absolute Gasteiger partial charge is 0.343 e. The Morgan fingerprint density at radius 1 is 0.933 bits per heavy atom. The number of benzene rings is 3. The minimum atomic E-state index is -0.490. The zero-order valence-electron chi connectivity index (χ0n) is 16.5. The van der Waals surface area contributed by atoms with Crippen LogP contribution in [0.2, 0.25) is 0 Å². The van der Waals surface area contributed by atoms with Gasteiger partial charge < -0.3 is 14.6 Å². The van der Waals surface area contributed by atoms with Crippen LogP contribution >= 0.6 is 0 Å². The summed E-state index contributed by atoms with van der Waals surface area (Å²) in [6.07, 6.45) is 1.44. The first-order valence-corrected chi connectivity index (χ1v) is 9.05. The van der Waals surface area contributed by atoms with Crippen LogP contribution in [0.25, 0.3) is 0 Å². The van der Waals surface area contributed by atoms with Crippen LogP contribution in [-0.4, -0.2) is 30.3 Å². The average molecular weight is 404 g/mol. The summed E-state index contributed by atoms with van der Waals surface area (Å²) in [7, 11) is 1.46. The molecule has 0 unspecified atom stereocenters. The quantitative estimate of drug-likeness (QED) is 0.283. The molecule has 0 aromatic heterocycles. The van der Waals surface area contributed by atoms with Crippen LogP contribution in [0.3, 0.4) is 0 Å². The molecule has 7 heteroatoms. The largest absolute Gasteiger partial charge is 0.508 e. The molecule has 0 aliphatic carbocycles. The molecule has 3 rings (SSSR count). The summed E-state index contributed by atoms with van der Waals surface area (Å²) < 4.78 is 10.7. The summed E-state index contributed by atoms with van der Waals surface area (Å²) in [4.78, 5) is 24.3. The van der Waals surface area contributed by atoms with Gasteiger partial charge in [0.05, 0.1) is 18.9 Å². The van der Waals surface area contributed by atoms with Crippen LogP contribution < -0.4 is 14.9 Å². The van der Waals surface area contributed by atoms with Crippen molar-refractivity contribution in [3.8, 4) is 17.2 Å². The van der Waals surface area contributed by atoms with E-state index in [2.05, 4.69) is 10.5 Å². The number of methoxy groups -OCH3 is 1. The van der Waals surface area contributed by atoms with Gasteiger partial charge in [0.15, 0.2) is 11.5 Å². The maximum absolute atomic E-state index is 12.3. The molecule has 0 aliphatic rings. The number of phenolic OH excluding ortho intramolecular Hbond substituents is 1. The van der Waals surface area contributed by atoms with Gasteiger partial charge in [-0.05, 0) is 67.1 Å². The maximum atomic E-state index is 12.3. The van der Waals surface area contributed by atoms with Gasteiger partial charge in [0.2, 0.25) is 0 Å². The fourth-order valence-electron chi connectivity index (χ4n) is 2.54. The Labute approximate surface area is 173 Å². The maximum Gasteiger partial charge on any atom is 0.343 e. The third-order valence-corrected chi connectivity index (χ3v) is 4.19. The van der Waals surface area contributed by atoms with Crippen molar-refractivity contribution >= 4 is 18.1 Å². The Bertz CT molecular complexity index is 1070. The van der Waals surface area contributed by atoms with Gasteiger partial charge in [-0.15, -0.1) is 0 Å². The highest BCUT2D eigenvalue weighted by Gasteiger charge is 2.12. The molecule has 0 heterocycles. The van der Waals surface area contributed by atoms with Crippen molar-refractivity contribution in [1.29, 1.82) is 0 Å². The van der Waals surface area contributed by atoms with E-state index in [-0.39, 0.29) is 11.5 Å². The molecule has 0 aliphatic heterocycles. The van der Waals surface area contributed by atoms with Crippen LogP contribution in [-0.2, 0) is 0 Å². The first-order chi connectivity index (χ1) is 14.5. The SMILES string of the molecule is COc1cc(/C=N/NC(=O)c2ccc(O)cc2)ccc1OC(=O)c1ccc(C)cc1. The monoisotopic (exact) mass is 404 g/mol. The summed E-state index contributed by atoms with van der Waals surface area (Å²) in [5.41, 5.74) is 4.88. The van der Waals surface area contributed by atoms with E-state index >= 15 is 0 Å². The van der Waals surface area contributed by atoms with E-state index < -0.39 is 11.9 Å². The van der Waals surface area contributed by atoms with E-state index in [1.807, 2.05) is 19.1 Å². The zero-order chi connectivity index (χ0) is 21.5. The first-order valence-electron chi connectivity index (χ1n) is 9.05. The second kappa shape index (κ2) is 9.38. The van der Waals surface area contributed by atoms with E-state index in [0.717, 1.165) is 5.56 Å². The van der Waals surface area contributed by atoms with Crippen molar-refractivity contribution in [2.45, 2.75) is 6.92 Å². The van der Waals surface area contributed by atoms with Gasteiger partial charge in [0.25, 0.3) is 5.91 Å². The fourth-order valence-corrected chi connectivity index (χ4v) is 2.54. The van der Waals surface area contributed by atoms with Crippen LogP contribution in [0.1, 0.15) is 31.8 Å². The molecule has 0 fully saturated rings. The predicted octanol–water partition coefficient (Wildman–Crippen LogP) is 3.69. The molecular formula is C23H20N2O5. The molecule has 0 saturated heterocycles. The Balaban J connectivity index is 1.66. The zero-order valence-corrected chi connectivity index (χ0v) is 16.5. The molecule has 0 radical (unpaired) electrons. The average Bonchev–Trinajstić information content (AvgIpc) is 2.75. The second-order valence-corrected chi connectivity index (χ2v) is 6.41. The van der Waals surface area contributed by atoms with Crippen LogP contribution in [0.4, 0.5) is 0 Å². The lowest BCUT2D eigenvalue weighted by molar-refractivity contribution is 0.0729. The number of phenols is 1. The second-order valence-electron chi connectivity index (χ2n) is 6.41. The normalized spacial score (nSPS) is 10.6. The number of aromatic hydroxyl groups is 1. The number of esters is 1. The molecule has 0 bridgehead atoms. The van der Waals surface area contributed by atoms with Crippen molar-refractivity contribution in [3.63, 3.8) is 0 Å². The number of rotatable bonds is 6. The van der Waals surface area contributed by atoms with Crippen molar-refractivity contribution < 1.29 is 24.2 Å². The van der Waals surface area contributed by atoms with Crippen molar-refractivity contribution in [1.82, 2.24) is 5.43 Å². The summed E-state index contributed by atoms with van der Waals surface area (Å²) in [6, 6.07) is 17.8. The van der Waals surface area contributed by atoms with Crippen molar-refractivity contribution in [2.75, 3.05) is 7.11 Å². The Hall–Kier alpha value is -4.13. The number of amides is 1. The Kier molecular flexibility index (Phi) is 6.44. The first kappa shape index (κ1) is 20.6. The molecule has 2 N–H and O–H groups in total. The highest BCUT2D eigenvalue weighted by molar-refractivity contribution is 5.95. The Morgan fingerprint density at radius 3 is 2.27 bits per heavy atom. The minimum absolute atomic E-state index is 0.0744. The Morgan fingerprint density at radius 2 is 1.60 bits per heavy atom. The van der Waals surface area contributed by atoms with E-state index in [4.69, 9.17) is 9.47 Å². The topological polar surface area (TPSA) is 97.2 Å². The molecule has 152 valence electrons. The van der Waals surface area contributed by atoms with Gasteiger partial charge in [0.1, 0.15) is 5.75 Å². The van der Waals surface area contributed by atoms with Crippen LogP contribution in [0.5, 0.6) is 17.2 Å². The lowest BCUT2D eigenvalue weighted by atomic mass is 10.1. The molecule has 3 aromatic rings. The van der Waals surface area contributed by atoms with Crippen LogP contribution in [0.15, 0.2) is 71.8 Å². The standard InChI is InChI=1S/C23H20N2O5/c1-15-3-6-18(7-4-15)23(28)30-20-12-5-16(13-21(20)29-2)14-24-25-22(27)17-8-10-19(26)11-9-17/h3-14,26H,1-2H3,(H,25,27)/b24-14+. The number of hydrazone groups is 1. The molecule has 7 nitrogen and oxygen atoms in total. The third-order valence-electron chi connectivity index (χ3n) is 4.19. The van der Waals surface area contributed by atoms with E-state index in [0.29, 0.717) is 22.4 Å². The lowest BCUT2D eigenvalue weighted by Crippen LogP contribution is -2.17. The van der Waals surface area contributed by atoms with E-state index in [1.165, 1.54) is 37.6 Å². The number of nitrogens with zero attached hydrogens (tertiary/aromatic N) is 1. The number of aryl methyl sites for hydroxylation is 1. The third kappa shape index (κ3) is 5.23. The molecule has 0 saturated carbocycles. The number of carbonyl (C=O) groups excluding carboxylic acids is 2. The summed E-state index contributed by atoms with van der Waals surface area (Å²) in [5.74, 6) is -0.208. The molecule has 0 atom stereocenters. The summed E-state index contributed by atoms with van der Waals surface area (Å²) >= 11 is 0. The molecule has 0 spiro atoms.